The Morgan fingerprint density at radius 3 is 2.52 bits per heavy atom. The van der Waals surface area contributed by atoms with Gasteiger partial charge in [0, 0.05) is 43.5 Å². The van der Waals surface area contributed by atoms with Gasteiger partial charge in [0.1, 0.15) is 0 Å². The van der Waals surface area contributed by atoms with Gasteiger partial charge in [0.25, 0.3) is 0 Å². The van der Waals surface area contributed by atoms with Crippen molar-refractivity contribution in [2.24, 2.45) is 4.99 Å². The predicted octanol–water partition coefficient (Wildman–Crippen LogP) is 3.80. The maximum Gasteiger partial charge on any atom is 0.196 e. The van der Waals surface area contributed by atoms with Crippen LogP contribution in [0.4, 0.5) is 11.4 Å². The average Bonchev–Trinajstić information content (AvgIpc) is 3.18. The van der Waals surface area contributed by atoms with Crippen LogP contribution in [0.5, 0.6) is 11.5 Å². The molecule has 6 heteroatoms. The van der Waals surface area contributed by atoms with Crippen molar-refractivity contribution in [3.63, 3.8) is 0 Å². The Labute approximate surface area is 172 Å². The van der Waals surface area contributed by atoms with Crippen molar-refractivity contribution >= 4 is 17.3 Å². The number of hydrogen-bond acceptors (Lipinski definition) is 4. The van der Waals surface area contributed by atoms with E-state index in [2.05, 4.69) is 58.9 Å². The number of anilines is 2. The summed E-state index contributed by atoms with van der Waals surface area (Å²) in [6.45, 7) is 6.80. The molecule has 0 unspecified atom stereocenters. The van der Waals surface area contributed by atoms with Crippen LogP contribution < -0.4 is 25.0 Å². The van der Waals surface area contributed by atoms with Gasteiger partial charge in [0.15, 0.2) is 17.5 Å². The predicted molar refractivity (Wildman–Crippen MR) is 118 cm³/mol. The molecule has 0 aromatic heterocycles. The van der Waals surface area contributed by atoms with Gasteiger partial charge in [-0.3, -0.25) is 0 Å². The normalized spacial score (nSPS) is 15.9. The highest BCUT2D eigenvalue weighted by Crippen LogP contribution is 2.32. The van der Waals surface area contributed by atoms with Crippen LogP contribution in [-0.2, 0) is 6.54 Å². The second kappa shape index (κ2) is 9.37. The van der Waals surface area contributed by atoms with E-state index in [4.69, 9.17) is 14.5 Å². The summed E-state index contributed by atoms with van der Waals surface area (Å²) in [4.78, 5) is 7.07. The van der Waals surface area contributed by atoms with Crippen LogP contribution in [0.2, 0.25) is 0 Å². The van der Waals surface area contributed by atoms with E-state index < -0.39 is 0 Å². The van der Waals surface area contributed by atoms with Crippen LogP contribution in [0.25, 0.3) is 0 Å². The molecule has 2 N–H and O–H groups in total. The van der Waals surface area contributed by atoms with Crippen LogP contribution in [0, 0.1) is 0 Å². The number of benzene rings is 2. The summed E-state index contributed by atoms with van der Waals surface area (Å²) < 4.78 is 11.5. The molecular formula is C23H28N4O2. The molecule has 2 heterocycles. The van der Waals surface area contributed by atoms with Crippen LogP contribution in [0.3, 0.4) is 0 Å². The van der Waals surface area contributed by atoms with Crippen molar-refractivity contribution in [3.05, 3.63) is 60.2 Å². The molecule has 2 aromatic carbocycles. The number of ether oxygens (including phenoxy) is 2. The first-order valence-corrected chi connectivity index (χ1v) is 10.3. The lowest BCUT2D eigenvalue weighted by Gasteiger charge is -2.17. The summed E-state index contributed by atoms with van der Waals surface area (Å²) in [6.07, 6.45) is 5.30. The van der Waals surface area contributed by atoms with Gasteiger partial charge in [0.2, 0.25) is 0 Å². The van der Waals surface area contributed by atoms with Gasteiger partial charge in [-0.05, 0) is 36.8 Å². The molecule has 2 aromatic rings. The summed E-state index contributed by atoms with van der Waals surface area (Å²) in [5.41, 5.74) is 3.35. The molecule has 0 aliphatic carbocycles. The van der Waals surface area contributed by atoms with E-state index in [0.29, 0.717) is 19.8 Å². The molecule has 0 bridgehead atoms. The van der Waals surface area contributed by atoms with Crippen molar-refractivity contribution in [2.75, 3.05) is 43.1 Å². The van der Waals surface area contributed by atoms with Crippen molar-refractivity contribution in [2.45, 2.75) is 19.9 Å². The third kappa shape index (κ3) is 5.02. The summed E-state index contributed by atoms with van der Waals surface area (Å²) in [6, 6.07) is 14.5. The van der Waals surface area contributed by atoms with Crippen LogP contribution in [-0.4, -0.2) is 38.8 Å². The zero-order valence-electron chi connectivity index (χ0n) is 16.9. The lowest BCUT2D eigenvalue weighted by Crippen LogP contribution is -2.30. The minimum Gasteiger partial charge on any atom is -0.490 e. The topological polar surface area (TPSA) is 58.1 Å². The number of fused-ring (bicyclic) bond motifs is 1. The second-order valence-electron chi connectivity index (χ2n) is 7.07. The van der Waals surface area contributed by atoms with Gasteiger partial charge < -0.3 is 25.0 Å². The number of nitrogens with one attached hydrogen (secondary N) is 2. The third-order valence-electron chi connectivity index (χ3n) is 4.89. The van der Waals surface area contributed by atoms with Crippen LogP contribution >= 0.6 is 0 Å². The fraction of sp³-hybridized carbons (Fsp3) is 0.348. The minimum atomic E-state index is 0.610. The Morgan fingerprint density at radius 1 is 1.00 bits per heavy atom. The molecule has 6 nitrogen and oxygen atoms in total. The van der Waals surface area contributed by atoms with Gasteiger partial charge in [-0.15, -0.1) is 0 Å². The van der Waals surface area contributed by atoms with Gasteiger partial charge in [-0.1, -0.05) is 24.3 Å². The Morgan fingerprint density at radius 2 is 1.76 bits per heavy atom. The molecule has 0 saturated heterocycles. The molecule has 152 valence electrons. The standard InChI is InChI=1S/C23H28N4O2/c1-2-24-23(26-19-8-11-21-22(16-19)29-15-5-14-28-21)25-17-18-6-9-20(10-7-18)27-12-3-4-13-27/h3-4,6-11,16H,2,5,12-15,17H2,1H3,(H2,24,25,26). The number of aliphatic imine (C=N–C) groups is 1. The lowest BCUT2D eigenvalue weighted by molar-refractivity contribution is 0.297. The smallest absolute Gasteiger partial charge is 0.196 e. The molecule has 2 aliphatic rings. The van der Waals surface area contributed by atoms with Crippen molar-refractivity contribution < 1.29 is 9.47 Å². The van der Waals surface area contributed by atoms with Crippen molar-refractivity contribution in [3.8, 4) is 11.5 Å². The largest absolute Gasteiger partial charge is 0.490 e. The first-order chi connectivity index (χ1) is 14.3. The number of hydrogen-bond donors (Lipinski definition) is 2. The fourth-order valence-electron chi connectivity index (χ4n) is 3.36. The number of nitrogens with zero attached hydrogens (tertiary/aromatic N) is 2. The van der Waals surface area contributed by atoms with E-state index in [-0.39, 0.29) is 0 Å². The van der Waals surface area contributed by atoms with E-state index >= 15 is 0 Å². The summed E-state index contributed by atoms with van der Waals surface area (Å²) in [5, 5.41) is 6.66. The SMILES string of the molecule is CCNC(=NCc1ccc(N2CC=CC2)cc1)Nc1ccc2c(c1)OCCCO2. The zero-order valence-corrected chi connectivity index (χ0v) is 16.9. The van der Waals surface area contributed by atoms with E-state index in [0.717, 1.165) is 49.2 Å². The maximum absolute atomic E-state index is 5.78. The van der Waals surface area contributed by atoms with Crippen LogP contribution in [0.1, 0.15) is 18.9 Å². The summed E-state index contributed by atoms with van der Waals surface area (Å²) in [5.74, 6) is 2.31. The fourth-order valence-corrected chi connectivity index (χ4v) is 3.36. The van der Waals surface area contributed by atoms with Gasteiger partial charge in [-0.2, -0.15) is 0 Å². The highest BCUT2D eigenvalue weighted by atomic mass is 16.5. The maximum atomic E-state index is 5.78. The Kier molecular flexibility index (Phi) is 6.19. The lowest BCUT2D eigenvalue weighted by atomic mass is 10.2. The molecule has 0 spiro atoms. The minimum absolute atomic E-state index is 0.610. The quantitative estimate of drug-likeness (QED) is 0.460. The summed E-state index contributed by atoms with van der Waals surface area (Å²) >= 11 is 0. The van der Waals surface area contributed by atoms with E-state index in [1.165, 1.54) is 11.3 Å². The number of rotatable bonds is 5. The Bertz CT molecular complexity index is 869. The molecule has 0 atom stereocenters. The molecule has 29 heavy (non-hydrogen) atoms. The van der Waals surface area contributed by atoms with Gasteiger partial charge in [-0.25, -0.2) is 4.99 Å². The summed E-state index contributed by atoms with van der Waals surface area (Å²) in [7, 11) is 0. The third-order valence-corrected chi connectivity index (χ3v) is 4.89. The molecule has 0 fully saturated rings. The number of guanidine groups is 1. The molecule has 0 amide bonds. The molecule has 4 rings (SSSR count). The van der Waals surface area contributed by atoms with Crippen molar-refractivity contribution in [1.82, 2.24) is 5.32 Å². The van der Waals surface area contributed by atoms with E-state index in [1.54, 1.807) is 0 Å². The zero-order chi connectivity index (χ0) is 19.9. The van der Waals surface area contributed by atoms with E-state index in [1.807, 2.05) is 18.2 Å². The molecule has 0 radical (unpaired) electrons. The van der Waals surface area contributed by atoms with Gasteiger partial charge in [0.05, 0.1) is 19.8 Å². The first-order valence-electron chi connectivity index (χ1n) is 10.3. The monoisotopic (exact) mass is 392 g/mol. The van der Waals surface area contributed by atoms with Crippen LogP contribution in [0.15, 0.2) is 59.6 Å². The Hall–Kier alpha value is -3.15. The molecule has 2 aliphatic heterocycles. The highest BCUT2D eigenvalue weighted by molar-refractivity contribution is 5.93. The van der Waals surface area contributed by atoms with E-state index in [9.17, 15) is 0 Å². The average molecular weight is 393 g/mol. The Balaban J connectivity index is 1.41. The first kappa shape index (κ1) is 19.2. The highest BCUT2D eigenvalue weighted by Gasteiger charge is 2.11. The second-order valence-corrected chi connectivity index (χ2v) is 7.07. The van der Waals surface area contributed by atoms with Gasteiger partial charge >= 0.3 is 0 Å². The molecule has 0 saturated carbocycles. The molecular weight excluding hydrogens is 364 g/mol. The van der Waals surface area contributed by atoms with Crippen molar-refractivity contribution in [1.29, 1.82) is 0 Å².